The van der Waals surface area contributed by atoms with E-state index in [4.69, 9.17) is 5.26 Å². The highest BCUT2D eigenvalue weighted by atomic mass is 15.4. The minimum absolute atomic E-state index is 0.367. The number of hydrogen-bond donors (Lipinski definition) is 0. The molecule has 0 amide bonds. The van der Waals surface area contributed by atoms with Gasteiger partial charge in [0.25, 0.3) is 0 Å². The van der Waals surface area contributed by atoms with Crippen LogP contribution < -0.4 is 0 Å². The fourth-order valence-electron chi connectivity index (χ4n) is 1.57. The van der Waals surface area contributed by atoms with Gasteiger partial charge in [-0.15, -0.1) is 5.10 Å². The first-order chi connectivity index (χ1) is 7.24. The number of benzene rings is 1. The summed E-state index contributed by atoms with van der Waals surface area (Å²) in [6, 6.07) is 9.93. The molecular formula is C11H10N4. The van der Waals surface area contributed by atoms with Crippen molar-refractivity contribution >= 4 is 0 Å². The largest absolute Gasteiger partial charge is 0.246 e. The average molecular weight is 198 g/mol. The summed E-state index contributed by atoms with van der Waals surface area (Å²) < 4.78 is 1.63. The second-order valence-electron chi connectivity index (χ2n) is 3.34. The maximum atomic E-state index is 8.92. The van der Waals surface area contributed by atoms with Crippen molar-refractivity contribution in [2.45, 2.75) is 6.92 Å². The molecule has 74 valence electrons. The van der Waals surface area contributed by atoms with Crippen LogP contribution in [-0.4, -0.2) is 15.0 Å². The molecule has 2 aromatic rings. The molecule has 1 aromatic heterocycles. The summed E-state index contributed by atoms with van der Waals surface area (Å²) in [5.41, 5.74) is 3.25. The summed E-state index contributed by atoms with van der Waals surface area (Å²) >= 11 is 0. The summed E-state index contributed by atoms with van der Waals surface area (Å²) in [5, 5.41) is 16.6. The third kappa shape index (κ3) is 1.48. The average Bonchev–Trinajstić information content (AvgIpc) is 2.60. The maximum Gasteiger partial charge on any atom is 0.190 e. The van der Waals surface area contributed by atoms with Gasteiger partial charge < -0.3 is 0 Å². The van der Waals surface area contributed by atoms with Gasteiger partial charge in [-0.3, -0.25) is 0 Å². The van der Waals surface area contributed by atoms with E-state index in [1.165, 1.54) is 0 Å². The Morgan fingerprint density at radius 3 is 2.73 bits per heavy atom. The Morgan fingerprint density at radius 2 is 2.07 bits per heavy atom. The molecule has 2 rings (SSSR count). The van der Waals surface area contributed by atoms with E-state index in [1.807, 2.05) is 37.3 Å². The van der Waals surface area contributed by atoms with Crippen LogP contribution in [0, 0.1) is 18.3 Å². The molecule has 1 aromatic carbocycles. The van der Waals surface area contributed by atoms with Crippen molar-refractivity contribution in [1.29, 1.82) is 5.26 Å². The Hall–Kier alpha value is -2.15. The van der Waals surface area contributed by atoms with Crippen molar-refractivity contribution in [2.24, 2.45) is 7.05 Å². The standard InChI is InChI=1S/C11H10N4/c1-8-5-3-4-6-9(8)11-10(7-12)13-14-15(11)2/h3-6H,1-2H3. The highest BCUT2D eigenvalue weighted by Crippen LogP contribution is 2.24. The fourth-order valence-corrected chi connectivity index (χ4v) is 1.57. The lowest BCUT2D eigenvalue weighted by molar-refractivity contribution is 0.720. The van der Waals surface area contributed by atoms with Gasteiger partial charge in [0.05, 0.1) is 0 Å². The predicted molar refractivity (Wildman–Crippen MR) is 55.9 cm³/mol. The summed E-state index contributed by atoms with van der Waals surface area (Å²) in [4.78, 5) is 0. The molecule has 4 heteroatoms. The molecule has 0 bridgehead atoms. The molecule has 0 saturated heterocycles. The van der Waals surface area contributed by atoms with Gasteiger partial charge in [-0.25, -0.2) is 4.68 Å². The van der Waals surface area contributed by atoms with E-state index in [0.717, 1.165) is 16.8 Å². The third-order valence-corrected chi connectivity index (χ3v) is 2.33. The number of rotatable bonds is 1. The van der Waals surface area contributed by atoms with E-state index in [1.54, 1.807) is 11.7 Å². The van der Waals surface area contributed by atoms with E-state index in [2.05, 4.69) is 10.3 Å². The summed E-state index contributed by atoms with van der Waals surface area (Å²) in [6.45, 7) is 2.00. The molecule has 0 aliphatic carbocycles. The molecule has 0 aliphatic heterocycles. The summed E-state index contributed by atoms with van der Waals surface area (Å²) in [5.74, 6) is 0. The molecule has 0 fully saturated rings. The van der Waals surface area contributed by atoms with Gasteiger partial charge in [-0.05, 0) is 12.5 Å². The monoisotopic (exact) mass is 198 g/mol. The zero-order valence-corrected chi connectivity index (χ0v) is 8.60. The van der Waals surface area contributed by atoms with Gasteiger partial charge in [0.15, 0.2) is 5.69 Å². The quantitative estimate of drug-likeness (QED) is 0.700. The van der Waals surface area contributed by atoms with Crippen LogP contribution in [-0.2, 0) is 7.05 Å². The van der Waals surface area contributed by atoms with Crippen LogP contribution in [0.15, 0.2) is 24.3 Å². The van der Waals surface area contributed by atoms with Crippen LogP contribution in [0.2, 0.25) is 0 Å². The lowest BCUT2D eigenvalue weighted by Gasteiger charge is -2.04. The number of hydrogen-bond acceptors (Lipinski definition) is 3. The van der Waals surface area contributed by atoms with Crippen LogP contribution in [0.3, 0.4) is 0 Å². The zero-order valence-electron chi connectivity index (χ0n) is 8.60. The zero-order chi connectivity index (χ0) is 10.8. The summed E-state index contributed by atoms with van der Waals surface area (Å²) in [7, 11) is 1.79. The molecule has 0 saturated carbocycles. The highest BCUT2D eigenvalue weighted by Gasteiger charge is 2.13. The van der Waals surface area contributed by atoms with Crippen molar-refractivity contribution in [1.82, 2.24) is 15.0 Å². The third-order valence-electron chi connectivity index (χ3n) is 2.33. The van der Waals surface area contributed by atoms with Gasteiger partial charge in [0.1, 0.15) is 11.8 Å². The van der Waals surface area contributed by atoms with Gasteiger partial charge in [-0.1, -0.05) is 29.5 Å². The topological polar surface area (TPSA) is 54.5 Å². The molecule has 0 aliphatic rings. The second-order valence-corrected chi connectivity index (χ2v) is 3.34. The molecule has 0 spiro atoms. The number of nitriles is 1. The molecule has 0 atom stereocenters. The minimum Gasteiger partial charge on any atom is -0.246 e. The molecular weight excluding hydrogens is 188 g/mol. The fraction of sp³-hybridized carbons (Fsp3) is 0.182. The summed E-state index contributed by atoms with van der Waals surface area (Å²) in [6.07, 6.45) is 0. The van der Waals surface area contributed by atoms with Gasteiger partial charge in [0, 0.05) is 12.6 Å². The Labute approximate surface area is 87.8 Å². The van der Waals surface area contributed by atoms with E-state index < -0.39 is 0 Å². The van der Waals surface area contributed by atoms with Gasteiger partial charge in [0.2, 0.25) is 0 Å². The van der Waals surface area contributed by atoms with Gasteiger partial charge in [-0.2, -0.15) is 5.26 Å². The SMILES string of the molecule is Cc1ccccc1-c1c(C#N)nnn1C. The normalized spacial score (nSPS) is 9.93. The van der Waals surface area contributed by atoms with E-state index >= 15 is 0 Å². The van der Waals surface area contributed by atoms with Crippen LogP contribution >= 0.6 is 0 Å². The lowest BCUT2D eigenvalue weighted by atomic mass is 10.0. The molecule has 1 heterocycles. The lowest BCUT2D eigenvalue weighted by Crippen LogP contribution is -1.96. The second kappa shape index (κ2) is 3.54. The van der Waals surface area contributed by atoms with Crippen molar-refractivity contribution in [2.75, 3.05) is 0 Å². The van der Waals surface area contributed by atoms with Crippen LogP contribution in [0.5, 0.6) is 0 Å². The Kier molecular flexibility index (Phi) is 2.22. The molecule has 15 heavy (non-hydrogen) atoms. The van der Waals surface area contributed by atoms with Crippen LogP contribution in [0.1, 0.15) is 11.3 Å². The van der Waals surface area contributed by atoms with E-state index in [9.17, 15) is 0 Å². The number of aryl methyl sites for hydroxylation is 2. The van der Waals surface area contributed by atoms with Crippen molar-refractivity contribution in [3.8, 4) is 17.3 Å². The van der Waals surface area contributed by atoms with Gasteiger partial charge >= 0.3 is 0 Å². The number of aromatic nitrogens is 3. The van der Waals surface area contributed by atoms with E-state index in [0.29, 0.717) is 5.69 Å². The Morgan fingerprint density at radius 1 is 1.33 bits per heavy atom. The molecule has 4 nitrogen and oxygen atoms in total. The predicted octanol–water partition coefficient (Wildman–Crippen LogP) is 1.66. The Bertz CT molecular complexity index is 534. The number of nitrogens with zero attached hydrogens (tertiary/aromatic N) is 4. The minimum atomic E-state index is 0.367. The first-order valence-corrected chi connectivity index (χ1v) is 4.60. The first kappa shape index (κ1) is 9.41. The van der Waals surface area contributed by atoms with Crippen LogP contribution in [0.25, 0.3) is 11.3 Å². The van der Waals surface area contributed by atoms with Crippen molar-refractivity contribution in [3.63, 3.8) is 0 Å². The molecule has 0 N–H and O–H groups in total. The maximum absolute atomic E-state index is 8.92. The highest BCUT2D eigenvalue weighted by molar-refractivity contribution is 5.67. The molecule has 0 unspecified atom stereocenters. The smallest absolute Gasteiger partial charge is 0.190 e. The van der Waals surface area contributed by atoms with Crippen molar-refractivity contribution in [3.05, 3.63) is 35.5 Å². The molecule has 0 radical (unpaired) electrons. The van der Waals surface area contributed by atoms with Crippen LogP contribution in [0.4, 0.5) is 0 Å². The van der Waals surface area contributed by atoms with Crippen molar-refractivity contribution < 1.29 is 0 Å². The first-order valence-electron chi connectivity index (χ1n) is 4.60. The van der Waals surface area contributed by atoms with E-state index in [-0.39, 0.29) is 0 Å². The Balaban J connectivity index is 2.70.